The van der Waals surface area contributed by atoms with Crippen molar-refractivity contribution in [2.24, 2.45) is 5.92 Å². The number of hydrogen-bond acceptors (Lipinski definition) is 2. The quantitative estimate of drug-likeness (QED) is 0.571. The molecule has 0 spiro atoms. The van der Waals surface area contributed by atoms with Crippen LogP contribution in [0, 0.1) is 5.92 Å². The monoisotopic (exact) mass is 230 g/mol. The van der Waals surface area contributed by atoms with E-state index in [1.54, 1.807) is 20.1 Å². The lowest BCUT2D eigenvalue weighted by Crippen LogP contribution is -2.04. The minimum atomic E-state index is 0.0644. The Kier molecular flexibility index (Phi) is 4.70. The van der Waals surface area contributed by atoms with Crippen LogP contribution < -0.4 is 4.74 Å². The number of hydrogen-bond donors (Lipinski definition) is 0. The van der Waals surface area contributed by atoms with Gasteiger partial charge in [-0.3, -0.25) is 4.79 Å². The summed E-state index contributed by atoms with van der Waals surface area (Å²) in [6.45, 7) is 7.26. The van der Waals surface area contributed by atoms with Crippen LogP contribution >= 0.6 is 0 Å². The average Bonchev–Trinajstić information content (AvgIpc) is 2.35. The Morgan fingerprint density at radius 3 is 2.35 bits per heavy atom. The van der Waals surface area contributed by atoms with Crippen molar-refractivity contribution in [3.63, 3.8) is 0 Å². The van der Waals surface area contributed by atoms with Gasteiger partial charge in [0.2, 0.25) is 0 Å². The van der Waals surface area contributed by atoms with Gasteiger partial charge in [-0.15, -0.1) is 6.58 Å². The molecule has 0 saturated heterocycles. The van der Waals surface area contributed by atoms with E-state index in [0.717, 1.165) is 16.9 Å². The van der Waals surface area contributed by atoms with Gasteiger partial charge in [0.1, 0.15) is 5.75 Å². The van der Waals surface area contributed by atoms with Crippen molar-refractivity contribution in [2.75, 3.05) is 7.11 Å². The van der Waals surface area contributed by atoms with Gasteiger partial charge in [-0.1, -0.05) is 25.1 Å². The van der Waals surface area contributed by atoms with Crippen molar-refractivity contribution >= 4 is 11.9 Å². The summed E-state index contributed by atoms with van der Waals surface area (Å²) in [4.78, 5) is 11.5. The van der Waals surface area contributed by atoms with E-state index in [9.17, 15) is 4.79 Å². The number of rotatable bonds is 5. The van der Waals surface area contributed by atoms with Gasteiger partial charge in [0, 0.05) is 11.5 Å². The lowest BCUT2D eigenvalue weighted by Gasteiger charge is -2.09. The summed E-state index contributed by atoms with van der Waals surface area (Å²) in [5, 5.41) is 0. The summed E-state index contributed by atoms with van der Waals surface area (Å²) < 4.78 is 5.09. The molecule has 2 heteroatoms. The topological polar surface area (TPSA) is 26.3 Å². The van der Waals surface area contributed by atoms with Crippen LogP contribution in [0.3, 0.4) is 0 Å². The molecule has 0 aliphatic carbocycles. The zero-order valence-corrected chi connectivity index (χ0v) is 10.6. The fraction of sp³-hybridized carbons (Fsp3) is 0.267. The molecule has 2 nitrogen and oxygen atoms in total. The second-order valence-corrected chi connectivity index (χ2v) is 3.95. The first-order valence-corrected chi connectivity index (χ1v) is 5.57. The molecule has 1 atom stereocenters. The van der Waals surface area contributed by atoms with Crippen LogP contribution in [0.5, 0.6) is 5.75 Å². The zero-order valence-electron chi connectivity index (χ0n) is 10.6. The number of Topliss-reactive ketones (excluding diaryl/α,β-unsaturated/α-hetero) is 1. The highest BCUT2D eigenvalue weighted by Crippen LogP contribution is 2.19. The first kappa shape index (κ1) is 13.2. The van der Waals surface area contributed by atoms with Crippen molar-refractivity contribution in [1.82, 2.24) is 0 Å². The van der Waals surface area contributed by atoms with E-state index in [1.807, 2.05) is 37.3 Å². The number of ketones is 1. The number of methoxy groups -OCH3 is 1. The molecule has 0 bridgehead atoms. The van der Waals surface area contributed by atoms with Gasteiger partial charge >= 0.3 is 0 Å². The predicted molar refractivity (Wildman–Crippen MR) is 71.0 cm³/mol. The molecule has 0 aliphatic heterocycles. The fourth-order valence-electron chi connectivity index (χ4n) is 1.56. The molecular formula is C15H18O2. The van der Waals surface area contributed by atoms with E-state index in [0.29, 0.717) is 0 Å². The second kappa shape index (κ2) is 6.04. The van der Waals surface area contributed by atoms with E-state index in [2.05, 4.69) is 6.58 Å². The fourth-order valence-corrected chi connectivity index (χ4v) is 1.56. The molecular weight excluding hydrogens is 212 g/mol. The molecule has 0 heterocycles. The number of carbonyl (C=O) groups is 1. The summed E-state index contributed by atoms with van der Waals surface area (Å²) in [7, 11) is 1.63. The third kappa shape index (κ3) is 3.59. The van der Waals surface area contributed by atoms with Crippen LogP contribution in [0.4, 0.5) is 0 Å². The molecule has 0 fully saturated rings. The van der Waals surface area contributed by atoms with Crippen molar-refractivity contribution in [3.8, 4) is 5.75 Å². The van der Waals surface area contributed by atoms with Gasteiger partial charge in [-0.2, -0.15) is 0 Å². The average molecular weight is 230 g/mol. The van der Waals surface area contributed by atoms with Crippen LogP contribution in [0.2, 0.25) is 0 Å². The maximum atomic E-state index is 11.5. The van der Waals surface area contributed by atoms with Crippen LogP contribution in [0.25, 0.3) is 6.08 Å². The number of ether oxygens (including phenoxy) is 1. The normalized spacial score (nSPS) is 13.0. The minimum Gasteiger partial charge on any atom is -0.497 e. The summed E-state index contributed by atoms with van der Waals surface area (Å²) in [6.07, 6.45) is 3.67. The van der Waals surface area contributed by atoms with Crippen molar-refractivity contribution in [1.29, 1.82) is 0 Å². The first-order valence-electron chi connectivity index (χ1n) is 5.57. The predicted octanol–water partition coefficient (Wildman–Crippen LogP) is 3.49. The molecule has 90 valence electrons. The summed E-state index contributed by atoms with van der Waals surface area (Å²) >= 11 is 0. The third-order valence-electron chi connectivity index (χ3n) is 2.69. The Hall–Kier alpha value is -1.83. The lowest BCUT2D eigenvalue weighted by atomic mass is 9.95. The van der Waals surface area contributed by atoms with Gasteiger partial charge in [0.25, 0.3) is 0 Å². The number of benzene rings is 1. The van der Waals surface area contributed by atoms with Gasteiger partial charge in [-0.25, -0.2) is 0 Å². The van der Waals surface area contributed by atoms with Gasteiger partial charge in [0.05, 0.1) is 7.11 Å². The Balaban J connectivity index is 3.04. The molecule has 1 rings (SSSR count). The summed E-state index contributed by atoms with van der Waals surface area (Å²) in [6, 6.07) is 7.61. The van der Waals surface area contributed by atoms with Gasteiger partial charge in [0.15, 0.2) is 5.78 Å². The molecule has 1 aromatic carbocycles. The molecule has 0 aliphatic rings. The van der Waals surface area contributed by atoms with Crippen LogP contribution in [0.1, 0.15) is 19.4 Å². The molecule has 0 amide bonds. The van der Waals surface area contributed by atoms with Gasteiger partial charge < -0.3 is 4.74 Å². The molecule has 0 saturated carbocycles. The summed E-state index contributed by atoms with van der Waals surface area (Å²) in [5.41, 5.74) is 1.76. The van der Waals surface area contributed by atoms with Crippen LogP contribution in [-0.2, 0) is 4.79 Å². The number of allylic oxidation sites excluding steroid dienone is 2. The minimum absolute atomic E-state index is 0.0644. The van der Waals surface area contributed by atoms with Crippen molar-refractivity contribution in [3.05, 3.63) is 48.1 Å². The Morgan fingerprint density at radius 1 is 1.35 bits per heavy atom. The molecule has 0 radical (unpaired) electrons. The van der Waals surface area contributed by atoms with E-state index in [1.165, 1.54) is 0 Å². The molecule has 0 N–H and O–H groups in total. The molecule has 0 aromatic heterocycles. The van der Waals surface area contributed by atoms with Crippen LogP contribution in [-0.4, -0.2) is 12.9 Å². The van der Waals surface area contributed by atoms with E-state index >= 15 is 0 Å². The van der Waals surface area contributed by atoms with E-state index in [-0.39, 0.29) is 11.7 Å². The lowest BCUT2D eigenvalue weighted by molar-refractivity contribution is -0.113. The maximum Gasteiger partial charge on any atom is 0.156 e. The third-order valence-corrected chi connectivity index (χ3v) is 2.69. The zero-order chi connectivity index (χ0) is 12.8. The molecule has 0 unspecified atom stereocenters. The smallest absolute Gasteiger partial charge is 0.156 e. The van der Waals surface area contributed by atoms with Crippen molar-refractivity contribution < 1.29 is 9.53 Å². The Morgan fingerprint density at radius 2 is 1.94 bits per heavy atom. The van der Waals surface area contributed by atoms with E-state index in [4.69, 9.17) is 4.74 Å². The largest absolute Gasteiger partial charge is 0.497 e. The summed E-state index contributed by atoms with van der Waals surface area (Å²) in [5.74, 6) is 0.950. The highest BCUT2D eigenvalue weighted by atomic mass is 16.5. The van der Waals surface area contributed by atoms with Crippen molar-refractivity contribution in [2.45, 2.75) is 13.8 Å². The first-order chi connectivity index (χ1) is 8.08. The van der Waals surface area contributed by atoms with Gasteiger partial charge in [-0.05, 0) is 30.7 Å². The highest BCUT2D eigenvalue weighted by molar-refractivity contribution is 5.98. The highest BCUT2D eigenvalue weighted by Gasteiger charge is 2.09. The second-order valence-electron chi connectivity index (χ2n) is 3.95. The standard InChI is InChI=1S/C15H18O2/c1-5-11(2)15(12(3)16)10-13-6-8-14(17-4)9-7-13/h5-11H,1H2,2-4H3/b15-10+/t11-/m0/s1. The molecule has 17 heavy (non-hydrogen) atoms. The van der Waals surface area contributed by atoms with E-state index < -0.39 is 0 Å². The molecule has 1 aromatic rings. The maximum absolute atomic E-state index is 11.5. The SMILES string of the molecule is C=C[C@H](C)/C(=C\c1ccc(OC)cc1)C(C)=O. The Labute approximate surface area is 103 Å². The Bertz CT molecular complexity index is 427. The van der Waals surface area contributed by atoms with Crippen LogP contribution in [0.15, 0.2) is 42.5 Å². The number of carbonyl (C=O) groups excluding carboxylic acids is 1.